The molecule has 1 fully saturated rings. The van der Waals surface area contributed by atoms with Crippen LogP contribution in [0.25, 0.3) is 0 Å². The van der Waals surface area contributed by atoms with Crippen LogP contribution in [0.3, 0.4) is 0 Å². The average molecular weight is 342 g/mol. The number of aromatic carboxylic acids is 1. The Labute approximate surface area is 125 Å². The van der Waals surface area contributed by atoms with Crippen molar-refractivity contribution in [3.63, 3.8) is 0 Å². The van der Waals surface area contributed by atoms with Gasteiger partial charge in [0.2, 0.25) is 0 Å². The number of carboxylic acids is 1. The summed E-state index contributed by atoms with van der Waals surface area (Å²) < 4.78 is 6.10. The van der Waals surface area contributed by atoms with Gasteiger partial charge in [-0.15, -0.1) is 0 Å². The van der Waals surface area contributed by atoms with Gasteiger partial charge in [0.15, 0.2) is 0 Å². The number of halogens is 1. The fourth-order valence-electron chi connectivity index (χ4n) is 2.12. The fourth-order valence-corrected chi connectivity index (χ4v) is 2.61. The second-order valence-electron chi connectivity index (χ2n) is 4.73. The highest BCUT2D eigenvalue weighted by Crippen LogP contribution is 2.16. The van der Waals surface area contributed by atoms with Gasteiger partial charge in [-0.25, -0.2) is 4.79 Å². The average Bonchev–Trinajstić information content (AvgIpc) is 2.45. The molecular formula is C14H16BrNO4. The molecule has 2 rings (SSSR count). The van der Waals surface area contributed by atoms with Crippen LogP contribution < -0.4 is 5.32 Å². The predicted octanol–water partition coefficient (Wildman–Crippen LogP) is 2.45. The first kappa shape index (κ1) is 15.0. The molecule has 0 radical (unpaired) electrons. The van der Waals surface area contributed by atoms with Crippen LogP contribution in [0.1, 0.15) is 40.0 Å². The van der Waals surface area contributed by atoms with E-state index >= 15 is 0 Å². The van der Waals surface area contributed by atoms with Crippen LogP contribution in [0.4, 0.5) is 0 Å². The molecule has 2 N–H and O–H groups in total. The first-order chi connectivity index (χ1) is 9.56. The van der Waals surface area contributed by atoms with Crippen molar-refractivity contribution < 1.29 is 19.4 Å². The molecule has 1 aliphatic rings. The minimum Gasteiger partial charge on any atom is -0.478 e. The number of rotatable bonds is 4. The Kier molecular flexibility index (Phi) is 5.14. The molecule has 6 heteroatoms. The van der Waals surface area contributed by atoms with Crippen molar-refractivity contribution in [3.8, 4) is 0 Å². The van der Waals surface area contributed by atoms with Crippen LogP contribution in [-0.4, -0.2) is 36.2 Å². The van der Waals surface area contributed by atoms with Crippen LogP contribution in [0.15, 0.2) is 22.7 Å². The van der Waals surface area contributed by atoms with E-state index in [2.05, 4.69) is 21.2 Å². The number of ether oxygens (including phenoxy) is 1. The lowest BCUT2D eigenvalue weighted by molar-refractivity contribution is 0.0169. The van der Waals surface area contributed by atoms with E-state index in [9.17, 15) is 9.59 Å². The topological polar surface area (TPSA) is 75.6 Å². The molecular weight excluding hydrogens is 326 g/mol. The van der Waals surface area contributed by atoms with Gasteiger partial charge >= 0.3 is 5.97 Å². The molecule has 0 bridgehead atoms. The lowest BCUT2D eigenvalue weighted by Gasteiger charge is -2.22. The van der Waals surface area contributed by atoms with Gasteiger partial charge in [0, 0.05) is 23.2 Å². The molecule has 1 atom stereocenters. The summed E-state index contributed by atoms with van der Waals surface area (Å²) in [4.78, 5) is 23.0. The van der Waals surface area contributed by atoms with Gasteiger partial charge in [0.1, 0.15) is 0 Å². The monoisotopic (exact) mass is 341 g/mol. The number of carbonyl (C=O) groups is 2. The van der Waals surface area contributed by atoms with Gasteiger partial charge in [0.25, 0.3) is 5.91 Å². The normalized spacial score (nSPS) is 18.6. The standard InChI is InChI=1S/C14H16BrNO4/c15-11-6-9(5-10(7-11)14(18)19)13(17)16-8-12-3-1-2-4-20-12/h5-7,12H,1-4,8H2,(H,16,17)(H,18,19). The largest absolute Gasteiger partial charge is 0.478 e. The van der Waals surface area contributed by atoms with Crippen LogP contribution in [0.2, 0.25) is 0 Å². The van der Waals surface area contributed by atoms with Crippen molar-refractivity contribution >= 4 is 27.8 Å². The number of carboxylic acid groups (broad SMARTS) is 1. The summed E-state index contributed by atoms with van der Waals surface area (Å²) in [6.45, 7) is 1.19. The third-order valence-corrected chi connectivity index (χ3v) is 3.63. The molecule has 0 aromatic heterocycles. The second-order valence-corrected chi connectivity index (χ2v) is 5.65. The van der Waals surface area contributed by atoms with E-state index in [0.29, 0.717) is 16.6 Å². The Bertz CT molecular complexity index is 512. The van der Waals surface area contributed by atoms with E-state index in [1.165, 1.54) is 12.1 Å². The van der Waals surface area contributed by atoms with Crippen LogP contribution in [-0.2, 0) is 4.74 Å². The van der Waals surface area contributed by atoms with Crippen molar-refractivity contribution in [1.29, 1.82) is 0 Å². The highest BCUT2D eigenvalue weighted by atomic mass is 79.9. The molecule has 0 saturated carbocycles. The molecule has 0 aliphatic carbocycles. The van der Waals surface area contributed by atoms with Gasteiger partial charge in [0.05, 0.1) is 11.7 Å². The Morgan fingerprint density at radius 2 is 2.05 bits per heavy atom. The van der Waals surface area contributed by atoms with Gasteiger partial charge in [-0.2, -0.15) is 0 Å². The van der Waals surface area contributed by atoms with Crippen LogP contribution in [0, 0.1) is 0 Å². The van der Waals surface area contributed by atoms with E-state index in [1.807, 2.05) is 0 Å². The minimum absolute atomic E-state index is 0.0544. The summed E-state index contributed by atoms with van der Waals surface area (Å²) in [5, 5.41) is 11.8. The quantitative estimate of drug-likeness (QED) is 0.881. The van der Waals surface area contributed by atoms with Gasteiger partial charge in [-0.1, -0.05) is 15.9 Å². The van der Waals surface area contributed by atoms with E-state index in [-0.39, 0.29) is 17.6 Å². The molecule has 1 aromatic rings. The minimum atomic E-state index is -1.06. The molecule has 1 amide bonds. The molecule has 5 nitrogen and oxygen atoms in total. The van der Waals surface area contributed by atoms with Crippen molar-refractivity contribution in [3.05, 3.63) is 33.8 Å². The number of hydrogen-bond donors (Lipinski definition) is 2. The second kappa shape index (κ2) is 6.85. The van der Waals surface area contributed by atoms with Gasteiger partial charge in [-0.05, 0) is 37.5 Å². The number of amides is 1. The van der Waals surface area contributed by atoms with E-state index < -0.39 is 5.97 Å². The predicted molar refractivity (Wildman–Crippen MR) is 77.0 cm³/mol. The maximum Gasteiger partial charge on any atom is 0.335 e. The molecule has 1 heterocycles. The third-order valence-electron chi connectivity index (χ3n) is 3.17. The summed E-state index contributed by atoms with van der Waals surface area (Å²) >= 11 is 3.21. The zero-order valence-corrected chi connectivity index (χ0v) is 12.5. The summed E-state index contributed by atoms with van der Waals surface area (Å²) in [5.41, 5.74) is 0.408. The SMILES string of the molecule is O=C(O)c1cc(Br)cc(C(=O)NCC2CCCCO2)c1. The lowest BCUT2D eigenvalue weighted by atomic mass is 10.1. The van der Waals surface area contributed by atoms with E-state index in [1.54, 1.807) is 6.07 Å². The number of carbonyl (C=O) groups excluding carboxylic acids is 1. The molecule has 1 unspecified atom stereocenters. The smallest absolute Gasteiger partial charge is 0.335 e. The Morgan fingerprint density at radius 3 is 2.70 bits per heavy atom. The zero-order chi connectivity index (χ0) is 14.5. The van der Waals surface area contributed by atoms with Gasteiger partial charge in [-0.3, -0.25) is 4.79 Å². The number of hydrogen-bond acceptors (Lipinski definition) is 3. The van der Waals surface area contributed by atoms with Crippen LogP contribution in [0.5, 0.6) is 0 Å². The first-order valence-electron chi connectivity index (χ1n) is 6.50. The van der Waals surface area contributed by atoms with Crippen molar-refractivity contribution in [2.45, 2.75) is 25.4 Å². The molecule has 1 saturated heterocycles. The van der Waals surface area contributed by atoms with Crippen LogP contribution >= 0.6 is 15.9 Å². The van der Waals surface area contributed by atoms with Crippen molar-refractivity contribution in [2.75, 3.05) is 13.2 Å². The Balaban J connectivity index is 1.99. The van der Waals surface area contributed by atoms with Gasteiger partial charge < -0.3 is 15.2 Å². The Hall–Kier alpha value is -1.40. The Morgan fingerprint density at radius 1 is 1.30 bits per heavy atom. The molecule has 1 aliphatic heterocycles. The third kappa shape index (κ3) is 4.05. The summed E-state index contributed by atoms with van der Waals surface area (Å²) in [6, 6.07) is 4.43. The highest BCUT2D eigenvalue weighted by molar-refractivity contribution is 9.10. The number of nitrogens with one attached hydrogen (secondary N) is 1. The fraction of sp³-hybridized carbons (Fsp3) is 0.429. The summed E-state index contributed by atoms with van der Waals surface area (Å²) in [5.74, 6) is -1.35. The van der Waals surface area contributed by atoms with Crippen molar-refractivity contribution in [1.82, 2.24) is 5.32 Å². The lowest BCUT2D eigenvalue weighted by Crippen LogP contribution is -2.35. The molecule has 1 aromatic carbocycles. The molecule has 20 heavy (non-hydrogen) atoms. The first-order valence-corrected chi connectivity index (χ1v) is 7.29. The zero-order valence-electron chi connectivity index (χ0n) is 10.9. The van der Waals surface area contributed by atoms with E-state index in [0.717, 1.165) is 25.9 Å². The summed E-state index contributed by atoms with van der Waals surface area (Å²) in [7, 11) is 0. The molecule has 108 valence electrons. The maximum absolute atomic E-state index is 12.0. The number of benzene rings is 1. The molecule has 0 spiro atoms. The highest BCUT2D eigenvalue weighted by Gasteiger charge is 2.16. The summed E-state index contributed by atoms with van der Waals surface area (Å²) in [6.07, 6.45) is 3.18. The van der Waals surface area contributed by atoms with Crippen molar-refractivity contribution in [2.24, 2.45) is 0 Å². The maximum atomic E-state index is 12.0. The van der Waals surface area contributed by atoms with E-state index in [4.69, 9.17) is 9.84 Å².